The smallest absolute Gasteiger partial charge is 0.332 e. The van der Waals surface area contributed by atoms with Gasteiger partial charge in [0.05, 0.1) is 19.9 Å². The first-order chi connectivity index (χ1) is 18.3. The predicted molar refractivity (Wildman–Crippen MR) is 142 cm³/mol. The van der Waals surface area contributed by atoms with Crippen LogP contribution in [0.2, 0.25) is 10.0 Å². The molecular formula is C24H20Cl2N8O4. The van der Waals surface area contributed by atoms with Crippen molar-refractivity contribution in [1.82, 2.24) is 33.6 Å². The summed E-state index contributed by atoms with van der Waals surface area (Å²) in [5.74, 6) is 0.720. The van der Waals surface area contributed by atoms with Crippen LogP contribution < -0.4 is 20.7 Å². The molecule has 0 atom stereocenters. The summed E-state index contributed by atoms with van der Waals surface area (Å²) in [7, 11) is 4.43. The molecule has 3 heterocycles. The normalized spacial score (nSPS) is 11.5. The number of hydrogen-bond acceptors (Lipinski definition) is 8. The highest BCUT2D eigenvalue weighted by molar-refractivity contribution is 6.35. The quantitative estimate of drug-likeness (QED) is 0.283. The van der Waals surface area contributed by atoms with Crippen LogP contribution in [-0.2, 0) is 20.6 Å². The van der Waals surface area contributed by atoms with Gasteiger partial charge in [-0.05, 0) is 41.5 Å². The second-order valence-electron chi connectivity index (χ2n) is 8.19. The molecule has 0 N–H and O–H groups in total. The second-order valence-corrected chi connectivity index (χ2v) is 9.04. The molecule has 0 saturated carbocycles. The molecule has 0 amide bonds. The van der Waals surface area contributed by atoms with Crippen LogP contribution >= 0.6 is 23.2 Å². The van der Waals surface area contributed by atoms with Crippen molar-refractivity contribution in [2.75, 3.05) is 7.11 Å². The molecule has 5 aromatic rings. The summed E-state index contributed by atoms with van der Waals surface area (Å²) in [5, 5.41) is 12.5. The topological polar surface area (TPSA) is 123 Å². The van der Waals surface area contributed by atoms with E-state index in [1.54, 1.807) is 47.2 Å². The number of methoxy groups -OCH3 is 1. The van der Waals surface area contributed by atoms with Crippen LogP contribution in [0, 0.1) is 0 Å². The minimum absolute atomic E-state index is 0.0634. The Labute approximate surface area is 224 Å². The molecule has 194 valence electrons. The van der Waals surface area contributed by atoms with Crippen LogP contribution in [0.5, 0.6) is 17.5 Å². The van der Waals surface area contributed by atoms with E-state index in [2.05, 4.69) is 20.3 Å². The molecule has 0 unspecified atom stereocenters. The molecule has 0 radical (unpaired) electrons. The van der Waals surface area contributed by atoms with Crippen LogP contribution in [0.4, 0.5) is 0 Å². The minimum Gasteiger partial charge on any atom is -0.493 e. The summed E-state index contributed by atoms with van der Waals surface area (Å²) in [5.41, 5.74) is 0.687. The summed E-state index contributed by atoms with van der Waals surface area (Å²) in [6.45, 7) is 0.126. The van der Waals surface area contributed by atoms with Gasteiger partial charge in [-0.2, -0.15) is 10.1 Å². The number of aryl methyl sites for hydroxylation is 1. The Balaban J connectivity index is 1.61. The molecular weight excluding hydrogens is 535 g/mol. The van der Waals surface area contributed by atoms with Gasteiger partial charge < -0.3 is 9.47 Å². The molecule has 5 rings (SSSR count). The number of benzene rings is 2. The Kier molecular flexibility index (Phi) is 6.74. The first-order valence-corrected chi connectivity index (χ1v) is 11.9. The van der Waals surface area contributed by atoms with Crippen molar-refractivity contribution in [3.05, 3.63) is 91.1 Å². The van der Waals surface area contributed by atoms with E-state index in [4.69, 9.17) is 32.7 Å². The number of halogens is 2. The van der Waals surface area contributed by atoms with E-state index in [0.29, 0.717) is 27.1 Å². The SMILES string of the molecule is COc1cc(C=Nn2cnnc2)ccc1Oc1nc2c(c(=O)n(C)c(=O)n2C)n1Cc1ccc(Cl)cc1Cl. The maximum atomic E-state index is 13.2. The van der Waals surface area contributed by atoms with E-state index in [0.717, 1.165) is 10.1 Å². The second kappa shape index (κ2) is 10.1. The number of hydrogen-bond donors (Lipinski definition) is 0. The molecule has 0 spiro atoms. The maximum Gasteiger partial charge on any atom is 0.332 e. The predicted octanol–water partition coefficient (Wildman–Crippen LogP) is 3.06. The van der Waals surface area contributed by atoms with Crippen molar-refractivity contribution in [2.45, 2.75) is 6.54 Å². The molecule has 0 aliphatic carbocycles. The maximum absolute atomic E-state index is 13.2. The van der Waals surface area contributed by atoms with E-state index < -0.39 is 11.2 Å². The summed E-state index contributed by atoms with van der Waals surface area (Å²) < 4.78 is 17.0. The lowest BCUT2D eigenvalue weighted by atomic mass is 10.2. The Morgan fingerprint density at radius 1 is 1.00 bits per heavy atom. The average Bonchev–Trinajstić information content (AvgIpc) is 3.55. The zero-order valence-electron chi connectivity index (χ0n) is 20.4. The van der Waals surface area contributed by atoms with Gasteiger partial charge >= 0.3 is 11.7 Å². The fraction of sp³-hybridized carbons (Fsp3) is 0.167. The van der Waals surface area contributed by atoms with Gasteiger partial charge in [-0.15, -0.1) is 10.2 Å². The van der Waals surface area contributed by atoms with Crippen molar-refractivity contribution in [3.8, 4) is 17.5 Å². The van der Waals surface area contributed by atoms with Crippen molar-refractivity contribution < 1.29 is 9.47 Å². The number of rotatable bonds is 7. The summed E-state index contributed by atoms with van der Waals surface area (Å²) in [6.07, 6.45) is 4.52. The van der Waals surface area contributed by atoms with Gasteiger partial charge in [0.15, 0.2) is 22.7 Å². The zero-order chi connectivity index (χ0) is 27.0. The van der Waals surface area contributed by atoms with Gasteiger partial charge in [0.25, 0.3) is 5.56 Å². The van der Waals surface area contributed by atoms with Gasteiger partial charge in [-0.3, -0.25) is 18.5 Å². The van der Waals surface area contributed by atoms with Crippen molar-refractivity contribution in [1.29, 1.82) is 0 Å². The number of ether oxygens (including phenoxy) is 2. The highest BCUT2D eigenvalue weighted by atomic mass is 35.5. The van der Waals surface area contributed by atoms with Crippen molar-refractivity contribution >= 4 is 40.6 Å². The third kappa shape index (κ3) is 4.66. The average molecular weight is 555 g/mol. The van der Waals surface area contributed by atoms with Gasteiger partial charge in [-0.1, -0.05) is 29.3 Å². The van der Waals surface area contributed by atoms with Crippen molar-refractivity contribution in [3.63, 3.8) is 0 Å². The van der Waals surface area contributed by atoms with Crippen LogP contribution in [0.1, 0.15) is 11.1 Å². The minimum atomic E-state index is -0.525. The van der Waals surface area contributed by atoms with Crippen LogP contribution in [0.15, 0.2) is 63.7 Å². The van der Waals surface area contributed by atoms with Crippen LogP contribution in [0.3, 0.4) is 0 Å². The first kappa shape index (κ1) is 25.2. The fourth-order valence-corrected chi connectivity index (χ4v) is 4.28. The molecule has 0 aliphatic rings. The van der Waals surface area contributed by atoms with E-state index in [9.17, 15) is 9.59 Å². The largest absolute Gasteiger partial charge is 0.493 e. The highest BCUT2D eigenvalue weighted by Crippen LogP contribution is 2.33. The summed E-state index contributed by atoms with van der Waals surface area (Å²) in [6, 6.07) is 10.3. The lowest BCUT2D eigenvalue weighted by molar-refractivity contribution is 0.361. The third-order valence-corrected chi connectivity index (χ3v) is 6.38. The molecule has 2 aromatic carbocycles. The standard InChI is InChI=1S/C24H20Cl2N8O4/c1-31-21-20(22(35)32(2)24(31)36)34(11-15-5-6-16(25)9-17(15)26)23(30-21)38-18-7-4-14(8-19(18)37-3)10-29-33-12-27-28-13-33/h4-10,12-13H,11H2,1-3H3. The molecule has 12 nitrogen and oxygen atoms in total. The summed E-state index contributed by atoms with van der Waals surface area (Å²) in [4.78, 5) is 30.3. The Morgan fingerprint density at radius 3 is 2.47 bits per heavy atom. The highest BCUT2D eigenvalue weighted by Gasteiger charge is 2.22. The third-order valence-electron chi connectivity index (χ3n) is 5.79. The number of nitrogens with zero attached hydrogens (tertiary/aromatic N) is 8. The molecule has 3 aromatic heterocycles. The zero-order valence-corrected chi connectivity index (χ0v) is 21.9. The van der Waals surface area contributed by atoms with Gasteiger partial charge in [-0.25, -0.2) is 9.47 Å². The van der Waals surface area contributed by atoms with E-state index in [1.807, 2.05) is 0 Å². The molecule has 0 bridgehead atoms. The molecule has 38 heavy (non-hydrogen) atoms. The summed E-state index contributed by atoms with van der Waals surface area (Å²) >= 11 is 12.5. The van der Waals surface area contributed by atoms with Gasteiger partial charge in [0.2, 0.25) is 0 Å². The monoisotopic (exact) mass is 554 g/mol. The van der Waals surface area contributed by atoms with E-state index in [1.165, 1.54) is 43.1 Å². The van der Waals surface area contributed by atoms with Gasteiger partial charge in [0.1, 0.15) is 12.7 Å². The first-order valence-electron chi connectivity index (χ1n) is 11.1. The molecule has 0 aliphatic heterocycles. The lowest BCUT2D eigenvalue weighted by Gasteiger charge is -2.13. The molecule has 0 saturated heterocycles. The molecule has 14 heteroatoms. The van der Waals surface area contributed by atoms with E-state index in [-0.39, 0.29) is 23.7 Å². The number of imidazole rings is 1. The molecule has 0 fully saturated rings. The van der Waals surface area contributed by atoms with Crippen LogP contribution in [-0.4, -0.2) is 46.9 Å². The number of fused-ring (bicyclic) bond motifs is 1. The van der Waals surface area contributed by atoms with Crippen molar-refractivity contribution in [2.24, 2.45) is 19.2 Å². The van der Waals surface area contributed by atoms with E-state index >= 15 is 0 Å². The Morgan fingerprint density at radius 2 is 1.76 bits per heavy atom. The van der Waals surface area contributed by atoms with Gasteiger partial charge in [0, 0.05) is 24.1 Å². The number of aromatic nitrogens is 7. The Bertz CT molecular complexity index is 1810. The van der Waals surface area contributed by atoms with Crippen LogP contribution in [0.25, 0.3) is 11.2 Å². The lowest BCUT2D eigenvalue weighted by Crippen LogP contribution is -2.37. The Hall–Kier alpha value is -4.42. The fourth-order valence-electron chi connectivity index (χ4n) is 3.81.